The summed E-state index contributed by atoms with van der Waals surface area (Å²) in [6, 6.07) is -0.789. The fourth-order valence-corrected chi connectivity index (χ4v) is 6.79. The van der Waals surface area contributed by atoms with Crippen LogP contribution in [-0.4, -0.2) is 59.7 Å². The Balaban J connectivity index is 1.42. The van der Waals surface area contributed by atoms with Crippen LogP contribution >= 0.6 is 0 Å². The van der Waals surface area contributed by atoms with Crippen molar-refractivity contribution in [2.75, 3.05) is 11.9 Å². The molecule has 3 fully saturated rings. The zero-order valence-electron chi connectivity index (χ0n) is 21.9. The number of aryl methyl sites for hydroxylation is 1. The molecule has 13 heteroatoms. The molecule has 0 atom stereocenters. The minimum Gasteiger partial charge on any atom is -0.494 e. The molecule has 38 heavy (non-hydrogen) atoms. The van der Waals surface area contributed by atoms with Gasteiger partial charge in [0.1, 0.15) is 16.9 Å². The van der Waals surface area contributed by atoms with E-state index in [1.165, 1.54) is 11.9 Å². The number of nitrogens with two attached hydrogens (primary N) is 1. The van der Waals surface area contributed by atoms with Crippen molar-refractivity contribution in [3.63, 3.8) is 0 Å². The number of aromatic hydroxyl groups is 1. The molecule has 2 saturated carbocycles. The third-order valence-electron chi connectivity index (χ3n) is 8.72. The van der Waals surface area contributed by atoms with Gasteiger partial charge in [0.05, 0.1) is 17.6 Å². The second-order valence-electron chi connectivity index (χ2n) is 11.1. The van der Waals surface area contributed by atoms with Gasteiger partial charge in [0.2, 0.25) is 5.88 Å². The topological polar surface area (TPSA) is 183 Å². The monoisotopic (exact) mass is 526 g/mol. The molecule has 3 amide bonds. The number of nitrogens with zero attached hydrogens (tertiary/aromatic N) is 5. The molecule has 2 aliphatic carbocycles. The largest absolute Gasteiger partial charge is 0.494 e. The number of nitrogens with one attached hydrogen (secondary N) is 2. The number of nitrogen functional groups attached to an aromatic ring is 1. The smallest absolute Gasteiger partial charge is 0.334 e. The first-order valence-corrected chi connectivity index (χ1v) is 13.0. The number of anilines is 1. The number of hydrogen-bond donors (Lipinski definition) is 4. The third kappa shape index (κ3) is 3.51. The van der Waals surface area contributed by atoms with Crippen LogP contribution in [0.25, 0.3) is 0 Å². The standard InChI is InChI=1S/C25H34N8O5/c1-4-5-10-31-19(34)17(18(26)27)20(35)32(23(31)38)15-6-8-24(9-7-15)12-25(13-24)21(36)30(3)22(37)33(25)16-11-28-29-14(16)2/h11,15,34H,4-10,12-13H2,1-3H3,(H3,26,27)(H,28,29). The maximum Gasteiger partial charge on any atom is 0.334 e. The van der Waals surface area contributed by atoms with Gasteiger partial charge in [-0.3, -0.25) is 39.0 Å². The highest BCUT2D eigenvalue weighted by Gasteiger charge is 2.68. The minimum atomic E-state index is -0.961. The Morgan fingerprint density at radius 2 is 1.89 bits per heavy atom. The van der Waals surface area contributed by atoms with Crippen LogP contribution in [0, 0.1) is 17.7 Å². The maximum absolute atomic E-state index is 13.3. The molecular formula is C25H34N8O5. The second-order valence-corrected chi connectivity index (χ2v) is 11.1. The van der Waals surface area contributed by atoms with Crippen LogP contribution < -0.4 is 21.9 Å². The number of unbranched alkanes of at least 4 members (excludes halogenated alkanes) is 1. The van der Waals surface area contributed by atoms with E-state index in [1.807, 2.05) is 13.8 Å². The quantitative estimate of drug-likeness (QED) is 0.250. The van der Waals surface area contributed by atoms with E-state index in [1.54, 1.807) is 11.1 Å². The fourth-order valence-electron chi connectivity index (χ4n) is 6.79. The molecule has 1 aliphatic heterocycles. The van der Waals surface area contributed by atoms with E-state index >= 15 is 0 Å². The molecule has 3 heterocycles. The van der Waals surface area contributed by atoms with Crippen LogP contribution in [0.15, 0.2) is 15.8 Å². The average molecular weight is 527 g/mol. The highest BCUT2D eigenvalue weighted by Crippen LogP contribution is 2.62. The van der Waals surface area contributed by atoms with Crippen LogP contribution in [0.1, 0.15) is 75.6 Å². The van der Waals surface area contributed by atoms with E-state index in [0.29, 0.717) is 56.3 Å². The summed E-state index contributed by atoms with van der Waals surface area (Å²) in [5, 5.41) is 25.3. The number of H-pyrrole nitrogens is 1. The number of hydrogen-bond acceptors (Lipinski definition) is 7. The molecule has 13 nitrogen and oxygen atoms in total. The molecule has 3 aliphatic rings. The lowest BCUT2D eigenvalue weighted by atomic mass is 9.51. The van der Waals surface area contributed by atoms with Gasteiger partial charge in [-0.25, -0.2) is 9.59 Å². The summed E-state index contributed by atoms with van der Waals surface area (Å²) in [5.41, 5.74) is 4.06. The highest BCUT2D eigenvalue weighted by molar-refractivity contribution is 6.17. The second kappa shape index (κ2) is 8.84. The Hall–Kier alpha value is -3.90. The van der Waals surface area contributed by atoms with Crippen LogP contribution in [0.4, 0.5) is 10.5 Å². The Morgan fingerprint density at radius 3 is 2.45 bits per heavy atom. The first-order chi connectivity index (χ1) is 18.0. The van der Waals surface area contributed by atoms with Crippen LogP contribution in [0.2, 0.25) is 0 Å². The van der Waals surface area contributed by atoms with Gasteiger partial charge in [0, 0.05) is 19.6 Å². The van der Waals surface area contributed by atoms with Crippen LogP contribution in [0.3, 0.4) is 0 Å². The van der Waals surface area contributed by atoms with Gasteiger partial charge in [-0.15, -0.1) is 0 Å². The Kier molecular flexibility index (Phi) is 5.99. The summed E-state index contributed by atoms with van der Waals surface area (Å²) < 4.78 is 2.28. The summed E-state index contributed by atoms with van der Waals surface area (Å²) >= 11 is 0. The van der Waals surface area contributed by atoms with Crippen molar-refractivity contribution in [3.05, 3.63) is 38.3 Å². The van der Waals surface area contributed by atoms with Gasteiger partial charge in [0.25, 0.3) is 11.5 Å². The molecule has 1 saturated heterocycles. The van der Waals surface area contributed by atoms with Crippen molar-refractivity contribution in [3.8, 4) is 5.88 Å². The lowest BCUT2D eigenvalue weighted by molar-refractivity contribution is -0.140. The number of aromatic amines is 1. The molecular weight excluding hydrogens is 492 g/mol. The SMILES string of the molecule is CCCCn1c(O)c(C(=N)N)c(=O)n(C2CCC3(CC2)CC2(C3)C(=O)N(C)C(=O)N2c2cn[nH]c2C)c1=O. The maximum atomic E-state index is 13.3. The zero-order chi connectivity index (χ0) is 27.6. The molecule has 2 aromatic heterocycles. The summed E-state index contributed by atoms with van der Waals surface area (Å²) in [5.74, 6) is -1.37. The molecule has 2 spiro atoms. The van der Waals surface area contributed by atoms with Gasteiger partial charge in [-0.05, 0) is 57.3 Å². The Labute approximate surface area is 218 Å². The zero-order valence-corrected chi connectivity index (χ0v) is 21.9. The van der Waals surface area contributed by atoms with E-state index in [2.05, 4.69) is 10.2 Å². The molecule has 0 bridgehead atoms. The number of urea groups is 1. The predicted octanol–water partition coefficient (Wildman–Crippen LogP) is 1.56. The van der Waals surface area contributed by atoms with E-state index in [0.717, 1.165) is 15.6 Å². The third-order valence-corrected chi connectivity index (χ3v) is 8.72. The normalized spacial score (nSPS) is 27.0. The summed E-state index contributed by atoms with van der Waals surface area (Å²) in [6.07, 6.45) is 6.32. The van der Waals surface area contributed by atoms with Crippen LogP contribution in [-0.2, 0) is 11.3 Å². The summed E-state index contributed by atoms with van der Waals surface area (Å²) in [6.45, 7) is 3.98. The molecule has 0 unspecified atom stereocenters. The Morgan fingerprint density at radius 1 is 1.24 bits per heavy atom. The van der Waals surface area contributed by atoms with Gasteiger partial charge >= 0.3 is 11.7 Å². The highest BCUT2D eigenvalue weighted by atomic mass is 16.3. The van der Waals surface area contributed by atoms with Gasteiger partial charge < -0.3 is 10.8 Å². The fraction of sp³-hybridized carbons (Fsp3) is 0.600. The van der Waals surface area contributed by atoms with Crippen molar-refractivity contribution < 1.29 is 14.7 Å². The van der Waals surface area contributed by atoms with Gasteiger partial charge in [-0.2, -0.15) is 5.10 Å². The number of carbonyl (C=O) groups excluding carboxylic acids is 2. The molecule has 0 radical (unpaired) electrons. The van der Waals surface area contributed by atoms with Crippen molar-refractivity contribution in [2.24, 2.45) is 11.1 Å². The van der Waals surface area contributed by atoms with Crippen molar-refractivity contribution in [1.29, 1.82) is 5.41 Å². The van der Waals surface area contributed by atoms with E-state index in [-0.39, 0.29) is 29.5 Å². The number of amidine groups is 1. The first-order valence-electron chi connectivity index (χ1n) is 13.0. The number of carbonyl (C=O) groups is 2. The van der Waals surface area contributed by atoms with Crippen molar-refractivity contribution >= 4 is 23.5 Å². The average Bonchev–Trinajstić information content (AvgIpc) is 3.34. The van der Waals surface area contributed by atoms with E-state index in [9.17, 15) is 24.3 Å². The first kappa shape index (κ1) is 25.7. The van der Waals surface area contributed by atoms with Gasteiger partial charge in [0.15, 0.2) is 0 Å². The number of rotatable bonds is 6. The predicted molar refractivity (Wildman–Crippen MR) is 138 cm³/mol. The van der Waals surface area contributed by atoms with Gasteiger partial charge in [-0.1, -0.05) is 13.3 Å². The van der Waals surface area contributed by atoms with E-state index < -0.39 is 34.5 Å². The summed E-state index contributed by atoms with van der Waals surface area (Å²) in [4.78, 5) is 55.6. The van der Waals surface area contributed by atoms with Crippen LogP contribution in [0.5, 0.6) is 5.88 Å². The lowest BCUT2D eigenvalue weighted by Crippen LogP contribution is -2.64. The summed E-state index contributed by atoms with van der Waals surface area (Å²) in [7, 11) is 1.50. The van der Waals surface area contributed by atoms with E-state index in [4.69, 9.17) is 11.1 Å². The molecule has 0 aromatic carbocycles. The number of amides is 3. The molecule has 2 aromatic rings. The van der Waals surface area contributed by atoms with Crippen molar-refractivity contribution in [1.82, 2.24) is 24.2 Å². The number of likely N-dealkylation sites (N-methyl/N-ethyl adjacent to an activating group) is 1. The minimum absolute atomic E-state index is 0.196. The lowest BCUT2D eigenvalue weighted by Gasteiger charge is -2.58. The van der Waals surface area contributed by atoms with Crippen molar-refractivity contribution in [2.45, 2.75) is 83.3 Å². The molecule has 5 N–H and O–H groups in total. The number of aromatic nitrogens is 4. The number of imide groups is 1. The molecule has 5 rings (SSSR count). The Bertz CT molecular complexity index is 1440. The molecule has 204 valence electrons.